The quantitative estimate of drug-likeness (QED) is 0.790. The van der Waals surface area contributed by atoms with Gasteiger partial charge in [0.05, 0.1) is 0 Å². The van der Waals surface area contributed by atoms with E-state index in [4.69, 9.17) is 5.73 Å². The van der Waals surface area contributed by atoms with Gasteiger partial charge >= 0.3 is 0 Å². The smallest absolute Gasteiger partial charge is 0.220 e. The van der Waals surface area contributed by atoms with E-state index in [1.165, 1.54) is 0 Å². The van der Waals surface area contributed by atoms with Crippen LogP contribution in [0.2, 0.25) is 0 Å². The molecule has 1 aliphatic carbocycles. The number of carbonyl (C=O) groups excluding carboxylic acids is 1. The number of anilines is 1. The Morgan fingerprint density at radius 2 is 2.06 bits per heavy atom. The highest BCUT2D eigenvalue weighted by atomic mass is 35.5. The minimum absolute atomic E-state index is 0. The van der Waals surface area contributed by atoms with Gasteiger partial charge in [0.1, 0.15) is 0 Å². The summed E-state index contributed by atoms with van der Waals surface area (Å²) in [5.74, 6) is 0.140. The van der Waals surface area contributed by atoms with Gasteiger partial charge in [-0.25, -0.2) is 0 Å². The van der Waals surface area contributed by atoms with Crippen LogP contribution in [0.3, 0.4) is 0 Å². The lowest BCUT2D eigenvalue weighted by Crippen LogP contribution is -2.25. The number of hydrogen-bond acceptors (Lipinski definition) is 2. The van der Waals surface area contributed by atoms with Crippen molar-refractivity contribution < 1.29 is 4.79 Å². The van der Waals surface area contributed by atoms with Gasteiger partial charge in [0, 0.05) is 18.2 Å². The highest BCUT2D eigenvalue weighted by Gasteiger charge is 2.22. The van der Waals surface area contributed by atoms with Gasteiger partial charge in [-0.3, -0.25) is 4.79 Å². The Morgan fingerprint density at radius 3 is 2.69 bits per heavy atom. The fourth-order valence-corrected chi connectivity index (χ4v) is 1.54. The molecule has 0 aromatic heterocycles. The summed E-state index contributed by atoms with van der Waals surface area (Å²) in [6, 6.07) is 8.15. The number of halogens is 1. The van der Waals surface area contributed by atoms with Crippen molar-refractivity contribution in [2.24, 2.45) is 0 Å². The molecular formula is C12H17ClN2O. The highest BCUT2D eigenvalue weighted by Crippen LogP contribution is 2.19. The summed E-state index contributed by atoms with van der Waals surface area (Å²) in [7, 11) is 0. The Labute approximate surface area is 102 Å². The molecule has 0 spiro atoms. The number of hydrogen-bond donors (Lipinski definition) is 2. The van der Waals surface area contributed by atoms with Crippen molar-refractivity contribution in [1.82, 2.24) is 5.32 Å². The molecule has 1 aromatic rings. The van der Waals surface area contributed by atoms with Crippen LogP contribution < -0.4 is 11.1 Å². The standard InChI is InChI=1S/C12H16N2O.ClH/c13-11-4-2-1-3-9(11)5-8-12(15)14-10-6-7-10;/h1-4,10H,5-8,13H2,(H,14,15);1H. The summed E-state index contributed by atoms with van der Waals surface area (Å²) in [6.07, 6.45) is 3.54. The third-order valence-electron chi connectivity index (χ3n) is 2.62. The van der Waals surface area contributed by atoms with Crippen molar-refractivity contribution in [3.8, 4) is 0 Å². The fourth-order valence-electron chi connectivity index (χ4n) is 1.54. The molecule has 0 atom stereocenters. The molecule has 0 bridgehead atoms. The number of nitrogens with one attached hydrogen (secondary N) is 1. The van der Waals surface area contributed by atoms with E-state index in [9.17, 15) is 4.79 Å². The van der Waals surface area contributed by atoms with E-state index >= 15 is 0 Å². The number of carbonyl (C=O) groups is 1. The van der Waals surface area contributed by atoms with Gasteiger partial charge in [0.25, 0.3) is 0 Å². The summed E-state index contributed by atoms with van der Waals surface area (Å²) in [4.78, 5) is 11.4. The van der Waals surface area contributed by atoms with E-state index in [0.717, 1.165) is 30.5 Å². The first-order chi connectivity index (χ1) is 7.25. The Kier molecular flexibility index (Phi) is 4.62. The SMILES string of the molecule is Cl.Nc1ccccc1CCC(=O)NC1CC1. The van der Waals surface area contributed by atoms with Crippen LogP contribution in [-0.4, -0.2) is 11.9 Å². The predicted octanol–water partition coefficient (Wildman–Crippen LogP) is 1.90. The first-order valence-corrected chi connectivity index (χ1v) is 5.38. The second-order valence-electron chi connectivity index (χ2n) is 4.04. The molecule has 0 heterocycles. The van der Waals surface area contributed by atoms with E-state index < -0.39 is 0 Å². The molecular weight excluding hydrogens is 224 g/mol. The molecule has 1 fully saturated rings. The van der Waals surface area contributed by atoms with Gasteiger partial charge < -0.3 is 11.1 Å². The zero-order valence-electron chi connectivity index (χ0n) is 9.11. The monoisotopic (exact) mass is 240 g/mol. The van der Waals surface area contributed by atoms with Crippen LogP contribution in [-0.2, 0) is 11.2 Å². The lowest BCUT2D eigenvalue weighted by molar-refractivity contribution is -0.121. The van der Waals surface area contributed by atoms with Crippen molar-refractivity contribution >= 4 is 24.0 Å². The fraction of sp³-hybridized carbons (Fsp3) is 0.417. The Bertz CT molecular complexity index is 364. The van der Waals surface area contributed by atoms with Gasteiger partial charge in [0.15, 0.2) is 0 Å². The van der Waals surface area contributed by atoms with E-state index in [-0.39, 0.29) is 18.3 Å². The number of benzene rings is 1. The topological polar surface area (TPSA) is 55.1 Å². The Morgan fingerprint density at radius 1 is 1.38 bits per heavy atom. The van der Waals surface area contributed by atoms with Gasteiger partial charge in [-0.05, 0) is 30.9 Å². The van der Waals surface area contributed by atoms with Crippen LogP contribution in [0.4, 0.5) is 5.69 Å². The molecule has 0 aliphatic heterocycles. The molecule has 1 saturated carbocycles. The average molecular weight is 241 g/mol. The zero-order valence-corrected chi connectivity index (χ0v) is 9.93. The second-order valence-corrected chi connectivity index (χ2v) is 4.04. The first kappa shape index (κ1) is 12.8. The average Bonchev–Trinajstić information content (AvgIpc) is 3.00. The van der Waals surface area contributed by atoms with Gasteiger partial charge in [-0.1, -0.05) is 18.2 Å². The van der Waals surface area contributed by atoms with Crippen molar-refractivity contribution in [2.45, 2.75) is 31.7 Å². The van der Waals surface area contributed by atoms with E-state index in [0.29, 0.717) is 12.5 Å². The van der Waals surface area contributed by atoms with Crippen LogP contribution in [0.15, 0.2) is 24.3 Å². The van der Waals surface area contributed by atoms with Crippen LogP contribution in [0.5, 0.6) is 0 Å². The molecule has 3 nitrogen and oxygen atoms in total. The predicted molar refractivity (Wildman–Crippen MR) is 67.6 cm³/mol. The molecule has 0 saturated heterocycles. The molecule has 3 N–H and O–H groups in total. The minimum Gasteiger partial charge on any atom is -0.399 e. The maximum absolute atomic E-state index is 11.4. The first-order valence-electron chi connectivity index (χ1n) is 5.38. The number of aryl methyl sites for hydroxylation is 1. The number of nitrogens with two attached hydrogens (primary N) is 1. The van der Waals surface area contributed by atoms with E-state index in [1.54, 1.807) is 0 Å². The normalized spacial score (nSPS) is 14.0. The molecule has 1 amide bonds. The second kappa shape index (κ2) is 5.75. The molecule has 4 heteroatoms. The van der Waals surface area contributed by atoms with Crippen LogP contribution in [0, 0.1) is 0 Å². The van der Waals surface area contributed by atoms with Crippen molar-refractivity contribution in [1.29, 1.82) is 0 Å². The number of amides is 1. The van der Waals surface area contributed by atoms with Gasteiger partial charge in [0.2, 0.25) is 5.91 Å². The molecule has 2 rings (SSSR count). The summed E-state index contributed by atoms with van der Waals surface area (Å²) in [6.45, 7) is 0. The molecule has 16 heavy (non-hydrogen) atoms. The lowest BCUT2D eigenvalue weighted by atomic mass is 10.1. The lowest BCUT2D eigenvalue weighted by Gasteiger charge is -2.05. The molecule has 1 aliphatic rings. The maximum atomic E-state index is 11.4. The van der Waals surface area contributed by atoms with Crippen LogP contribution >= 0.6 is 12.4 Å². The number of rotatable bonds is 4. The minimum atomic E-state index is 0. The zero-order chi connectivity index (χ0) is 10.7. The van der Waals surface area contributed by atoms with Crippen molar-refractivity contribution in [3.63, 3.8) is 0 Å². The Balaban J connectivity index is 0.00000128. The molecule has 0 unspecified atom stereocenters. The van der Waals surface area contributed by atoms with Gasteiger partial charge in [-0.15, -0.1) is 12.4 Å². The maximum Gasteiger partial charge on any atom is 0.220 e. The number of nitrogen functional groups attached to an aromatic ring is 1. The third-order valence-corrected chi connectivity index (χ3v) is 2.62. The van der Waals surface area contributed by atoms with Crippen LogP contribution in [0.1, 0.15) is 24.8 Å². The Hall–Kier alpha value is -1.22. The van der Waals surface area contributed by atoms with Gasteiger partial charge in [-0.2, -0.15) is 0 Å². The third kappa shape index (κ3) is 3.74. The summed E-state index contributed by atoms with van der Waals surface area (Å²) in [5, 5.41) is 2.96. The summed E-state index contributed by atoms with van der Waals surface area (Å²) in [5.41, 5.74) is 7.62. The van der Waals surface area contributed by atoms with E-state index in [2.05, 4.69) is 5.32 Å². The summed E-state index contributed by atoms with van der Waals surface area (Å²) < 4.78 is 0. The largest absolute Gasteiger partial charge is 0.399 e. The van der Waals surface area contributed by atoms with Crippen molar-refractivity contribution in [2.75, 3.05) is 5.73 Å². The number of para-hydroxylation sites is 1. The molecule has 0 radical (unpaired) electrons. The van der Waals surface area contributed by atoms with Crippen molar-refractivity contribution in [3.05, 3.63) is 29.8 Å². The highest BCUT2D eigenvalue weighted by molar-refractivity contribution is 5.85. The van der Waals surface area contributed by atoms with Crippen LogP contribution in [0.25, 0.3) is 0 Å². The molecule has 1 aromatic carbocycles. The molecule has 88 valence electrons. The summed E-state index contributed by atoms with van der Waals surface area (Å²) >= 11 is 0. The van der Waals surface area contributed by atoms with E-state index in [1.807, 2.05) is 24.3 Å².